The predicted molar refractivity (Wildman–Crippen MR) is 119 cm³/mol. The summed E-state index contributed by atoms with van der Waals surface area (Å²) < 4.78 is 23.2. The molecule has 0 unspecified atom stereocenters. The van der Waals surface area contributed by atoms with Gasteiger partial charge in [0.05, 0.1) is 0 Å². The highest BCUT2D eigenvalue weighted by atomic mass is 35.5. The number of amides is 1. The zero-order chi connectivity index (χ0) is 19.2. The Morgan fingerprint density at radius 2 is 1.57 bits per heavy atom. The maximum Gasteiger partial charge on any atom is 0.241 e. The van der Waals surface area contributed by atoms with Crippen LogP contribution in [0, 0.1) is 0 Å². The van der Waals surface area contributed by atoms with Crippen molar-refractivity contribution in [1.82, 2.24) is 15.5 Å². The van der Waals surface area contributed by atoms with Crippen LogP contribution in [0.15, 0.2) is 24.3 Å². The van der Waals surface area contributed by atoms with Crippen molar-refractivity contribution in [3.8, 4) is 0 Å². The van der Waals surface area contributed by atoms with Gasteiger partial charge in [0, 0.05) is 19.3 Å². The van der Waals surface area contributed by atoms with Crippen molar-refractivity contribution in [2.24, 2.45) is 0 Å². The SMILES string of the molecule is CCN(CC)Cc1ccc(CNC(=O)C2(S(C)(=O)=O)CCNCC2)cc1.Cl.Cl. The van der Waals surface area contributed by atoms with Gasteiger partial charge in [0.2, 0.25) is 5.91 Å². The first-order chi connectivity index (χ1) is 12.3. The standard InChI is InChI=1S/C19H31N3O3S.2ClH/c1-4-22(5-2)15-17-8-6-16(7-9-17)14-21-18(23)19(26(3,24)25)10-12-20-13-11-19;;/h6-9,20H,4-5,10-15H2,1-3H3,(H,21,23);2*1H. The molecule has 1 saturated heterocycles. The van der Waals surface area contributed by atoms with E-state index in [2.05, 4.69) is 41.5 Å². The lowest BCUT2D eigenvalue weighted by Gasteiger charge is -2.34. The fourth-order valence-corrected chi connectivity index (χ4v) is 4.76. The molecule has 0 spiro atoms. The third-order valence-corrected chi connectivity index (χ3v) is 7.32. The number of halogens is 2. The Balaban J connectivity index is 0.00000364. The summed E-state index contributed by atoms with van der Waals surface area (Å²) in [5.74, 6) is -0.381. The molecule has 1 aliphatic heterocycles. The molecule has 0 bridgehead atoms. The summed E-state index contributed by atoms with van der Waals surface area (Å²) in [5.41, 5.74) is 2.20. The number of rotatable bonds is 8. The quantitative estimate of drug-likeness (QED) is 0.630. The monoisotopic (exact) mass is 453 g/mol. The van der Waals surface area contributed by atoms with Gasteiger partial charge in [-0.1, -0.05) is 38.1 Å². The molecule has 1 amide bonds. The van der Waals surface area contributed by atoms with Crippen molar-refractivity contribution in [3.63, 3.8) is 0 Å². The Kier molecular flexibility index (Phi) is 11.6. The molecule has 6 nitrogen and oxygen atoms in total. The van der Waals surface area contributed by atoms with Crippen LogP contribution in [-0.4, -0.2) is 56.4 Å². The van der Waals surface area contributed by atoms with E-state index in [0.29, 0.717) is 32.5 Å². The molecule has 1 aromatic carbocycles. The van der Waals surface area contributed by atoms with E-state index < -0.39 is 14.6 Å². The molecule has 2 rings (SSSR count). The Morgan fingerprint density at radius 1 is 1.07 bits per heavy atom. The summed E-state index contributed by atoms with van der Waals surface area (Å²) in [5, 5.41) is 5.97. The number of carbonyl (C=O) groups is 1. The Bertz CT molecular complexity index is 702. The van der Waals surface area contributed by atoms with Crippen molar-refractivity contribution < 1.29 is 13.2 Å². The van der Waals surface area contributed by atoms with Crippen LogP contribution >= 0.6 is 24.8 Å². The fraction of sp³-hybridized carbons (Fsp3) is 0.632. The lowest BCUT2D eigenvalue weighted by Crippen LogP contribution is -2.57. The molecule has 1 heterocycles. The normalized spacial score (nSPS) is 16.0. The Labute approximate surface area is 181 Å². The molecule has 1 fully saturated rings. The minimum absolute atomic E-state index is 0. The van der Waals surface area contributed by atoms with E-state index >= 15 is 0 Å². The molecule has 2 N–H and O–H groups in total. The van der Waals surface area contributed by atoms with Crippen LogP contribution < -0.4 is 10.6 Å². The zero-order valence-electron chi connectivity index (χ0n) is 16.9. The highest BCUT2D eigenvalue weighted by molar-refractivity contribution is 7.92. The highest BCUT2D eigenvalue weighted by Gasteiger charge is 2.48. The second-order valence-electron chi connectivity index (χ2n) is 6.98. The molecule has 9 heteroatoms. The molecule has 0 saturated carbocycles. The van der Waals surface area contributed by atoms with E-state index in [4.69, 9.17) is 0 Å². The topological polar surface area (TPSA) is 78.5 Å². The molecule has 0 aliphatic carbocycles. The summed E-state index contributed by atoms with van der Waals surface area (Å²) in [7, 11) is -3.47. The maximum atomic E-state index is 12.7. The minimum Gasteiger partial charge on any atom is -0.351 e. The first-order valence-electron chi connectivity index (χ1n) is 9.31. The molecule has 0 aromatic heterocycles. The van der Waals surface area contributed by atoms with Crippen LogP contribution in [-0.2, 0) is 27.7 Å². The first-order valence-corrected chi connectivity index (χ1v) is 11.2. The Hall–Kier alpha value is -0.860. The average molecular weight is 454 g/mol. The fourth-order valence-electron chi connectivity index (χ4n) is 3.41. The molecule has 1 aliphatic rings. The number of hydrogen-bond acceptors (Lipinski definition) is 5. The van der Waals surface area contributed by atoms with E-state index in [1.807, 2.05) is 12.1 Å². The van der Waals surface area contributed by atoms with Gasteiger partial charge in [-0.15, -0.1) is 24.8 Å². The van der Waals surface area contributed by atoms with Crippen molar-refractivity contribution in [3.05, 3.63) is 35.4 Å². The van der Waals surface area contributed by atoms with Gasteiger partial charge in [-0.2, -0.15) is 0 Å². The number of hydrogen-bond donors (Lipinski definition) is 2. The van der Waals surface area contributed by atoms with Gasteiger partial charge in [-0.05, 0) is 50.1 Å². The van der Waals surface area contributed by atoms with Crippen LogP contribution in [0.2, 0.25) is 0 Å². The minimum atomic E-state index is -3.47. The van der Waals surface area contributed by atoms with Crippen LogP contribution in [0.5, 0.6) is 0 Å². The second-order valence-corrected chi connectivity index (χ2v) is 9.30. The van der Waals surface area contributed by atoms with E-state index in [0.717, 1.165) is 25.2 Å². The molecule has 28 heavy (non-hydrogen) atoms. The van der Waals surface area contributed by atoms with Crippen LogP contribution in [0.4, 0.5) is 0 Å². The summed E-state index contributed by atoms with van der Waals surface area (Å²) in [4.78, 5) is 15.0. The van der Waals surface area contributed by atoms with Gasteiger partial charge in [0.1, 0.15) is 0 Å². The third-order valence-electron chi connectivity index (χ3n) is 5.31. The van der Waals surface area contributed by atoms with Crippen molar-refractivity contribution in [1.29, 1.82) is 0 Å². The van der Waals surface area contributed by atoms with Crippen molar-refractivity contribution in [2.45, 2.75) is 44.5 Å². The van der Waals surface area contributed by atoms with Gasteiger partial charge >= 0.3 is 0 Å². The lowest BCUT2D eigenvalue weighted by molar-refractivity contribution is -0.124. The van der Waals surface area contributed by atoms with Gasteiger partial charge in [0.15, 0.2) is 14.6 Å². The van der Waals surface area contributed by atoms with Gasteiger partial charge in [0.25, 0.3) is 0 Å². The third kappa shape index (κ3) is 6.59. The Morgan fingerprint density at radius 3 is 2.04 bits per heavy atom. The number of piperidine rings is 1. The summed E-state index contributed by atoms with van der Waals surface area (Å²) in [6.45, 7) is 8.64. The molecular weight excluding hydrogens is 421 g/mol. The second kappa shape index (κ2) is 12.0. The molecular formula is C19H33Cl2N3O3S. The van der Waals surface area contributed by atoms with Crippen molar-refractivity contribution >= 4 is 40.6 Å². The van der Waals surface area contributed by atoms with E-state index in [1.165, 1.54) is 11.8 Å². The van der Waals surface area contributed by atoms with Gasteiger partial charge in [-0.25, -0.2) is 8.42 Å². The summed E-state index contributed by atoms with van der Waals surface area (Å²) in [6.07, 6.45) is 1.81. The number of nitrogens with zero attached hydrogens (tertiary/aromatic N) is 1. The lowest BCUT2D eigenvalue weighted by atomic mass is 9.95. The molecule has 0 atom stereocenters. The average Bonchev–Trinajstić information content (AvgIpc) is 2.64. The van der Waals surface area contributed by atoms with Crippen molar-refractivity contribution in [2.75, 3.05) is 32.4 Å². The smallest absolute Gasteiger partial charge is 0.241 e. The first kappa shape index (κ1) is 27.1. The van der Waals surface area contributed by atoms with Gasteiger partial charge < -0.3 is 10.6 Å². The molecule has 1 aromatic rings. The van der Waals surface area contributed by atoms with Crippen LogP contribution in [0.25, 0.3) is 0 Å². The number of nitrogens with one attached hydrogen (secondary N) is 2. The van der Waals surface area contributed by atoms with E-state index in [9.17, 15) is 13.2 Å². The maximum absolute atomic E-state index is 12.7. The molecule has 0 radical (unpaired) electrons. The van der Waals surface area contributed by atoms with E-state index in [1.54, 1.807) is 0 Å². The van der Waals surface area contributed by atoms with Gasteiger partial charge in [-0.3, -0.25) is 9.69 Å². The predicted octanol–water partition coefficient (Wildman–Crippen LogP) is 2.16. The van der Waals surface area contributed by atoms with Crippen LogP contribution in [0.3, 0.4) is 0 Å². The number of carbonyl (C=O) groups excluding carboxylic acids is 1. The zero-order valence-corrected chi connectivity index (χ0v) is 19.3. The number of benzene rings is 1. The molecule has 162 valence electrons. The highest BCUT2D eigenvalue weighted by Crippen LogP contribution is 2.28. The van der Waals surface area contributed by atoms with Crippen LogP contribution in [0.1, 0.15) is 37.8 Å². The van der Waals surface area contributed by atoms with E-state index in [-0.39, 0.29) is 30.7 Å². The summed E-state index contributed by atoms with van der Waals surface area (Å²) in [6, 6.07) is 8.12. The summed E-state index contributed by atoms with van der Waals surface area (Å²) >= 11 is 0. The largest absolute Gasteiger partial charge is 0.351 e. The number of sulfone groups is 1.